The van der Waals surface area contributed by atoms with E-state index in [1.54, 1.807) is 0 Å². The van der Waals surface area contributed by atoms with Crippen molar-refractivity contribution in [3.8, 4) is 55.6 Å². The molecule has 1 atom stereocenters. The summed E-state index contributed by atoms with van der Waals surface area (Å²) in [5.74, 6) is 0. The number of hydrogen-bond acceptors (Lipinski definition) is 1. The third-order valence-corrected chi connectivity index (χ3v) is 14.1. The van der Waals surface area contributed by atoms with Gasteiger partial charge in [-0.05, 0) is 127 Å². The Morgan fingerprint density at radius 2 is 0.869 bits per heavy atom. The Balaban J connectivity index is 1.13. The van der Waals surface area contributed by atoms with Crippen molar-refractivity contribution in [3.63, 3.8) is 0 Å². The van der Waals surface area contributed by atoms with Crippen LogP contribution in [0.5, 0.6) is 0 Å². The van der Waals surface area contributed by atoms with Gasteiger partial charge in [-0.25, -0.2) is 0 Å². The lowest BCUT2D eigenvalue weighted by molar-refractivity contribution is 0.626. The van der Waals surface area contributed by atoms with Crippen LogP contribution >= 0.6 is 0 Å². The lowest BCUT2D eigenvalue weighted by Gasteiger charge is -2.33. The number of aryl methyl sites for hydroxylation is 1. The maximum absolute atomic E-state index is 2.54. The van der Waals surface area contributed by atoms with Gasteiger partial charge in [0.2, 0.25) is 0 Å². The van der Waals surface area contributed by atoms with Gasteiger partial charge in [0.15, 0.2) is 0 Å². The number of rotatable bonds is 6. The van der Waals surface area contributed by atoms with Gasteiger partial charge in [-0.15, -0.1) is 0 Å². The van der Waals surface area contributed by atoms with Crippen LogP contribution in [0.3, 0.4) is 0 Å². The van der Waals surface area contributed by atoms with E-state index >= 15 is 0 Å². The van der Waals surface area contributed by atoms with Crippen LogP contribution in [0.1, 0.15) is 53.6 Å². The molecule has 61 heavy (non-hydrogen) atoms. The van der Waals surface area contributed by atoms with Gasteiger partial charge in [0.05, 0.1) is 5.69 Å². The van der Waals surface area contributed by atoms with E-state index in [1.807, 2.05) is 0 Å². The Bertz CT molecular complexity index is 3170. The van der Waals surface area contributed by atoms with Crippen molar-refractivity contribution in [2.45, 2.75) is 37.5 Å². The molecule has 9 aromatic carbocycles. The summed E-state index contributed by atoms with van der Waals surface area (Å²) < 4.78 is 0. The molecule has 1 heteroatoms. The SMILES string of the molecule is CC1(C)c2ccccc2-c2cccc(-c3ccccc3N(c3ccc(-c4ccccc4)c(-c4ccccc4)c3)c3ccc4c(c3)C3(CCc5ccccc53)c3ccccc3-4)c21. The predicted molar refractivity (Wildman–Crippen MR) is 255 cm³/mol. The van der Waals surface area contributed by atoms with Crippen LogP contribution in [0, 0.1) is 0 Å². The molecule has 0 aliphatic heterocycles. The largest absolute Gasteiger partial charge is 0.310 e. The summed E-state index contributed by atoms with van der Waals surface area (Å²) in [5.41, 5.74) is 24.3. The Morgan fingerprint density at radius 1 is 0.361 bits per heavy atom. The van der Waals surface area contributed by atoms with E-state index in [4.69, 9.17) is 0 Å². The van der Waals surface area contributed by atoms with Gasteiger partial charge in [-0.3, -0.25) is 0 Å². The summed E-state index contributed by atoms with van der Waals surface area (Å²) in [6.07, 6.45) is 2.13. The minimum atomic E-state index is -0.202. The molecule has 0 fully saturated rings. The normalized spacial score (nSPS) is 16.1. The molecule has 0 N–H and O–H groups in total. The fraction of sp³-hybridized carbons (Fsp3) is 0.100. The molecule has 0 heterocycles. The topological polar surface area (TPSA) is 3.24 Å². The van der Waals surface area contributed by atoms with Gasteiger partial charge in [-0.1, -0.05) is 196 Å². The van der Waals surface area contributed by atoms with E-state index in [9.17, 15) is 0 Å². The molecule has 0 saturated heterocycles. The Hall–Kier alpha value is -7.22. The van der Waals surface area contributed by atoms with Gasteiger partial charge in [0.25, 0.3) is 0 Å². The molecule has 3 aliphatic rings. The molecule has 1 unspecified atom stereocenters. The number of benzene rings is 9. The van der Waals surface area contributed by atoms with Gasteiger partial charge in [0.1, 0.15) is 0 Å². The van der Waals surface area contributed by atoms with Crippen molar-refractivity contribution >= 4 is 17.1 Å². The van der Waals surface area contributed by atoms with Crippen LogP contribution in [0.4, 0.5) is 17.1 Å². The van der Waals surface area contributed by atoms with Crippen LogP contribution in [-0.2, 0) is 17.3 Å². The Kier molecular flexibility index (Phi) is 7.99. The summed E-state index contributed by atoms with van der Waals surface area (Å²) in [4.78, 5) is 2.54. The quantitative estimate of drug-likeness (QED) is 0.162. The fourth-order valence-corrected chi connectivity index (χ4v) is 11.5. The van der Waals surface area contributed by atoms with Crippen molar-refractivity contribution < 1.29 is 0 Å². The van der Waals surface area contributed by atoms with Crippen LogP contribution in [0.15, 0.2) is 212 Å². The average Bonchev–Trinajstić information content (AvgIpc) is 3.93. The van der Waals surface area contributed by atoms with Gasteiger partial charge >= 0.3 is 0 Å². The van der Waals surface area contributed by atoms with E-state index in [0.717, 1.165) is 29.9 Å². The first kappa shape index (κ1) is 35.7. The molecule has 0 aromatic heterocycles. The molecule has 0 amide bonds. The first-order chi connectivity index (χ1) is 30.0. The summed E-state index contributed by atoms with van der Waals surface area (Å²) >= 11 is 0. The highest BCUT2D eigenvalue weighted by molar-refractivity contribution is 5.97. The minimum absolute atomic E-state index is 0.167. The number of anilines is 3. The van der Waals surface area contributed by atoms with E-state index in [1.165, 1.54) is 89.0 Å². The molecule has 290 valence electrons. The highest BCUT2D eigenvalue weighted by Gasteiger charge is 2.48. The zero-order valence-electron chi connectivity index (χ0n) is 34.6. The molecule has 0 saturated carbocycles. The Labute approximate surface area is 359 Å². The molecule has 3 aliphatic carbocycles. The van der Waals surface area contributed by atoms with Gasteiger partial charge in [-0.2, -0.15) is 0 Å². The standard InChI is InChI=1S/C60H45N/c1-59(2)54-29-14-10-24-47(54)50-26-17-27-51(58(50)59)49-25-12-16-31-57(49)61(43-32-34-45(40-18-5-3-6-19-40)52(38-43)41-20-7-4-8-21-41)44-33-35-48-46-23-11-15-30-55(46)60(56(48)39-44)37-36-42-22-9-13-28-53(42)60/h3-35,38-39H,36-37H2,1-2H3. The molecule has 1 spiro atoms. The minimum Gasteiger partial charge on any atom is -0.310 e. The average molecular weight is 780 g/mol. The van der Waals surface area contributed by atoms with Crippen LogP contribution < -0.4 is 4.90 Å². The highest BCUT2D eigenvalue weighted by atomic mass is 15.1. The van der Waals surface area contributed by atoms with Crippen molar-refractivity contribution in [2.24, 2.45) is 0 Å². The van der Waals surface area contributed by atoms with Crippen molar-refractivity contribution in [1.29, 1.82) is 0 Å². The van der Waals surface area contributed by atoms with Gasteiger partial charge in [0, 0.05) is 27.8 Å². The third-order valence-electron chi connectivity index (χ3n) is 14.1. The van der Waals surface area contributed by atoms with E-state index in [2.05, 4.69) is 231 Å². The first-order valence-electron chi connectivity index (χ1n) is 21.7. The van der Waals surface area contributed by atoms with Crippen LogP contribution in [0.2, 0.25) is 0 Å². The maximum Gasteiger partial charge on any atom is 0.0540 e. The summed E-state index contributed by atoms with van der Waals surface area (Å²) in [6.45, 7) is 4.79. The third kappa shape index (κ3) is 5.26. The van der Waals surface area contributed by atoms with E-state index < -0.39 is 0 Å². The number of hydrogen-bond donors (Lipinski definition) is 0. The second kappa shape index (κ2) is 13.7. The molecular formula is C60H45N. The predicted octanol–water partition coefficient (Wildman–Crippen LogP) is 15.7. The lowest BCUT2D eigenvalue weighted by atomic mass is 9.73. The molecular weight excluding hydrogens is 735 g/mol. The molecule has 0 bridgehead atoms. The van der Waals surface area contributed by atoms with Crippen LogP contribution in [-0.4, -0.2) is 0 Å². The number of para-hydroxylation sites is 1. The smallest absolute Gasteiger partial charge is 0.0540 e. The monoisotopic (exact) mass is 779 g/mol. The van der Waals surface area contributed by atoms with Crippen LogP contribution in [0.25, 0.3) is 55.6 Å². The Morgan fingerprint density at radius 3 is 1.61 bits per heavy atom. The summed E-state index contributed by atoms with van der Waals surface area (Å²) in [6, 6.07) is 79.4. The van der Waals surface area contributed by atoms with Gasteiger partial charge < -0.3 is 4.90 Å². The molecule has 0 radical (unpaired) electrons. The van der Waals surface area contributed by atoms with E-state index in [-0.39, 0.29) is 10.8 Å². The van der Waals surface area contributed by atoms with Crippen molar-refractivity contribution in [2.75, 3.05) is 4.90 Å². The van der Waals surface area contributed by atoms with Crippen molar-refractivity contribution in [3.05, 3.63) is 246 Å². The summed E-state index contributed by atoms with van der Waals surface area (Å²) in [5, 5.41) is 0. The second-order valence-corrected chi connectivity index (χ2v) is 17.6. The van der Waals surface area contributed by atoms with E-state index in [0.29, 0.717) is 0 Å². The first-order valence-corrected chi connectivity index (χ1v) is 21.7. The number of nitrogens with zero attached hydrogens (tertiary/aromatic N) is 1. The molecule has 1 nitrogen and oxygen atoms in total. The number of fused-ring (bicyclic) bond motifs is 10. The lowest BCUT2D eigenvalue weighted by Crippen LogP contribution is -2.24. The summed E-state index contributed by atoms with van der Waals surface area (Å²) in [7, 11) is 0. The molecule has 12 rings (SSSR count). The zero-order chi connectivity index (χ0) is 40.7. The maximum atomic E-state index is 2.54. The van der Waals surface area contributed by atoms with Crippen molar-refractivity contribution in [1.82, 2.24) is 0 Å². The fourth-order valence-electron chi connectivity index (χ4n) is 11.5. The second-order valence-electron chi connectivity index (χ2n) is 17.6. The molecule has 9 aromatic rings. The zero-order valence-corrected chi connectivity index (χ0v) is 34.6. The highest BCUT2D eigenvalue weighted by Crippen LogP contribution is 2.60.